The molecule has 3 heteroatoms. The van der Waals surface area contributed by atoms with Crippen LogP contribution in [-0.4, -0.2) is 5.78 Å². The van der Waals surface area contributed by atoms with Crippen LogP contribution in [0.25, 0.3) is 0 Å². The van der Waals surface area contributed by atoms with E-state index in [2.05, 4.69) is 43.8 Å². The second-order valence-electron chi connectivity index (χ2n) is 4.43. The molecule has 1 atom stereocenters. The van der Waals surface area contributed by atoms with E-state index >= 15 is 0 Å². The summed E-state index contributed by atoms with van der Waals surface area (Å²) in [5.41, 5.74) is 1.98. The molecule has 1 nitrogen and oxygen atoms in total. The van der Waals surface area contributed by atoms with Crippen molar-refractivity contribution in [3.8, 4) is 0 Å². The lowest BCUT2D eigenvalue weighted by atomic mass is 10.2. The Kier molecular flexibility index (Phi) is 4.72. The van der Waals surface area contributed by atoms with Crippen LogP contribution in [0.15, 0.2) is 58.3 Å². The molecule has 0 saturated carbocycles. The number of hydrogen-bond acceptors (Lipinski definition) is 3. The maximum atomic E-state index is 11.2. The largest absolute Gasteiger partial charge is 0.295 e. The smallest absolute Gasteiger partial charge is 0.159 e. The van der Waals surface area contributed by atoms with Crippen LogP contribution in [0.2, 0.25) is 0 Å². The normalized spacial score (nSPS) is 12.2. The van der Waals surface area contributed by atoms with Gasteiger partial charge in [-0.3, -0.25) is 4.79 Å². The van der Waals surface area contributed by atoms with Gasteiger partial charge in [-0.15, -0.1) is 0 Å². The van der Waals surface area contributed by atoms with Crippen molar-refractivity contribution < 1.29 is 4.79 Å². The van der Waals surface area contributed by atoms with E-state index in [1.165, 1.54) is 10.5 Å². The molecule has 0 N–H and O–H groups in total. The van der Waals surface area contributed by atoms with Crippen molar-refractivity contribution in [3.05, 3.63) is 59.7 Å². The van der Waals surface area contributed by atoms with Gasteiger partial charge in [0.15, 0.2) is 5.78 Å². The Bertz CT molecular complexity index is 556. The van der Waals surface area contributed by atoms with Crippen LogP contribution >= 0.6 is 24.4 Å². The molecule has 0 saturated heterocycles. The molecule has 2 aromatic carbocycles. The summed E-state index contributed by atoms with van der Waals surface area (Å²) in [6.45, 7) is 3.64. The maximum Gasteiger partial charge on any atom is 0.159 e. The summed E-state index contributed by atoms with van der Waals surface area (Å²) in [4.78, 5) is 13.5. The van der Waals surface area contributed by atoms with Crippen LogP contribution in [0.3, 0.4) is 0 Å². The molecular formula is C16H16OS2. The fourth-order valence-electron chi connectivity index (χ4n) is 1.71. The van der Waals surface area contributed by atoms with Crippen molar-refractivity contribution in [2.75, 3.05) is 0 Å². The van der Waals surface area contributed by atoms with Crippen molar-refractivity contribution in [1.29, 1.82) is 0 Å². The van der Waals surface area contributed by atoms with E-state index in [0.29, 0.717) is 0 Å². The zero-order valence-electron chi connectivity index (χ0n) is 11.0. The van der Waals surface area contributed by atoms with Crippen molar-refractivity contribution in [2.24, 2.45) is 0 Å². The first-order valence-corrected chi connectivity index (χ1v) is 7.46. The molecule has 0 spiro atoms. The van der Waals surface area contributed by atoms with Gasteiger partial charge in [0.25, 0.3) is 0 Å². The number of thiol groups is 1. The van der Waals surface area contributed by atoms with Crippen molar-refractivity contribution in [3.63, 3.8) is 0 Å². The first-order chi connectivity index (χ1) is 9.06. The van der Waals surface area contributed by atoms with E-state index < -0.39 is 0 Å². The average molecular weight is 288 g/mol. The number of benzene rings is 2. The number of hydrogen-bond donors (Lipinski definition) is 1. The van der Waals surface area contributed by atoms with Crippen molar-refractivity contribution >= 4 is 30.2 Å². The number of ketones is 1. The fraction of sp³-hybridized carbons (Fsp3) is 0.188. The third kappa shape index (κ3) is 3.88. The predicted octanol–water partition coefficient (Wildman–Crippen LogP) is 5.03. The third-order valence-electron chi connectivity index (χ3n) is 2.86. The summed E-state index contributed by atoms with van der Waals surface area (Å²) in [5.74, 6) is 0.101. The molecule has 98 valence electrons. The minimum Gasteiger partial charge on any atom is -0.295 e. The summed E-state index contributed by atoms with van der Waals surface area (Å²) < 4.78 is 0. The quantitative estimate of drug-likeness (QED) is 0.627. The zero-order chi connectivity index (χ0) is 13.8. The van der Waals surface area contributed by atoms with Gasteiger partial charge in [-0.25, -0.2) is 0 Å². The Morgan fingerprint density at radius 1 is 1.00 bits per heavy atom. The SMILES string of the molecule is CC(=O)c1ccc(Sc2ccc(C(C)S)cc2)cc1. The van der Waals surface area contributed by atoms with E-state index in [-0.39, 0.29) is 11.0 Å². The molecule has 0 aromatic heterocycles. The molecule has 2 rings (SSSR count). The number of carbonyl (C=O) groups excluding carboxylic acids is 1. The molecular weight excluding hydrogens is 272 g/mol. The summed E-state index contributed by atoms with van der Waals surface area (Å²) in [6, 6.07) is 16.1. The minimum atomic E-state index is 0.101. The Morgan fingerprint density at radius 3 is 1.89 bits per heavy atom. The lowest BCUT2D eigenvalue weighted by Crippen LogP contribution is -1.90. The van der Waals surface area contributed by atoms with Gasteiger partial charge in [-0.2, -0.15) is 12.6 Å². The predicted molar refractivity (Wildman–Crippen MR) is 84.4 cm³/mol. The lowest BCUT2D eigenvalue weighted by Gasteiger charge is -2.06. The van der Waals surface area contributed by atoms with Gasteiger partial charge in [-0.1, -0.05) is 36.0 Å². The molecule has 0 bridgehead atoms. The fourth-order valence-corrected chi connectivity index (χ4v) is 2.70. The second kappa shape index (κ2) is 6.31. The molecule has 0 aliphatic carbocycles. The molecule has 0 aliphatic rings. The van der Waals surface area contributed by atoms with Gasteiger partial charge in [0.2, 0.25) is 0 Å². The van der Waals surface area contributed by atoms with Gasteiger partial charge in [0.1, 0.15) is 0 Å². The number of Topliss-reactive ketones (excluding diaryl/α,β-unsaturated/α-hetero) is 1. The van der Waals surface area contributed by atoms with E-state index in [0.717, 1.165) is 10.5 Å². The average Bonchev–Trinajstić information content (AvgIpc) is 2.40. The van der Waals surface area contributed by atoms with Gasteiger partial charge in [0.05, 0.1) is 0 Å². The van der Waals surface area contributed by atoms with Crippen LogP contribution < -0.4 is 0 Å². The molecule has 1 unspecified atom stereocenters. The highest BCUT2D eigenvalue weighted by molar-refractivity contribution is 7.99. The number of rotatable bonds is 4. The highest BCUT2D eigenvalue weighted by Crippen LogP contribution is 2.29. The van der Waals surface area contributed by atoms with Crippen molar-refractivity contribution in [2.45, 2.75) is 28.9 Å². The van der Waals surface area contributed by atoms with E-state index in [1.807, 2.05) is 24.3 Å². The Labute approximate surface area is 123 Å². The van der Waals surface area contributed by atoms with Gasteiger partial charge in [-0.05, 0) is 43.7 Å². The molecule has 0 amide bonds. The van der Waals surface area contributed by atoms with Crippen LogP contribution in [0, 0.1) is 0 Å². The first kappa shape index (κ1) is 14.2. The monoisotopic (exact) mass is 288 g/mol. The van der Waals surface area contributed by atoms with Crippen molar-refractivity contribution in [1.82, 2.24) is 0 Å². The second-order valence-corrected chi connectivity index (χ2v) is 6.35. The van der Waals surface area contributed by atoms with Gasteiger partial charge >= 0.3 is 0 Å². The highest BCUT2D eigenvalue weighted by Gasteiger charge is 2.02. The molecule has 2 aromatic rings. The third-order valence-corrected chi connectivity index (χ3v) is 4.17. The Balaban J connectivity index is 2.10. The van der Waals surface area contributed by atoms with Gasteiger partial charge < -0.3 is 0 Å². The van der Waals surface area contributed by atoms with Gasteiger partial charge in [0, 0.05) is 20.6 Å². The Morgan fingerprint density at radius 2 is 1.47 bits per heavy atom. The van der Waals surface area contributed by atoms with E-state index in [9.17, 15) is 4.79 Å². The highest BCUT2D eigenvalue weighted by atomic mass is 32.2. The van der Waals surface area contributed by atoms with E-state index in [1.54, 1.807) is 18.7 Å². The molecule has 0 heterocycles. The van der Waals surface area contributed by atoms with Crippen LogP contribution in [0.5, 0.6) is 0 Å². The summed E-state index contributed by atoms with van der Waals surface area (Å²) in [6.07, 6.45) is 0. The summed E-state index contributed by atoms with van der Waals surface area (Å²) in [5, 5.41) is 0.258. The van der Waals surface area contributed by atoms with Crippen LogP contribution in [0.4, 0.5) is 0 Å². The molecule has 0 radical (unpaired) electrons. The minimum absolute atomic E-state index is 0.101. The van der Waals surface area contributed by atoms with Crippen LogP contribution in [-0.2, 0) is 0 Å². The Hall–Kier alpha value is -1.19. The summed E-state index contributed by atoms with van der Waals surface area (Å²) >= 11 is 6.10. The molecule has 0 aliphatic heterocycles. The standard InChI is InChI=1S/C16H16OS2/c1-11(17)13-3-7-15(8-4-13)19-16-9-5-14(6-10-16)12(2)18/h3-10,12,18H,1-2H3. The zero-order valence-corrected chi connectivity index (χ0v) is 12.7. The first-order valence-electron chi connectivity index (χ1n) is 6.13. The summed E-state index contributed by atoms with van der Waals surface area (Å²) in [7, 11) is 0. The van der Waals surface area contributed by atoms with Crippen LogP contribution in [0.1, 0.15) is 35.0 Å². The number of carbonyl (C=O) groups is 1. The molecule has 0 fully saturated rings. The van der Waals surface area contributed by atoms with E-state index in [4.69, 9.17) is 0 Å². The lowest BCUT2D eigenvalue weighted by molar-refractivity contribution is 0.101. The topological polar surface area (TPSA) is 17.1 Å². The maximum absolute atomic E-state index is 11.2. The molecule has 19 heavy (non-hydrogen) atoms.